The molecule has 2 N–H and O–H groups in total. The van der Waals surface area contributed by atoms with E-state index in [1.807, 2.05) is 0 Å². The van der Waals surface area contributed by atoms with Crippen molar-refractivity contribution >= 4 is 33.8 Å². The predicted octanol–water partition coefficient (Wildman–Crippen LogP) is 0.989. The van der Waals surface area contributed by atoms with Gasteiger partial charge in [0, 0.05) is 4.47 Å². The van der Waals surface area contributed by atoms with E-state index < -0.39 is 30.9 Å². The minimum absolute atomic E-state index is 0.0339. The van der Waals surface area contributed by atoms with Crippen LogP contribution in [0.2, 0.25) is 0 Å². The van der Waals surface area contributed by atoms with Crippen molar-refractivity contribution in [2.24, 2.45) is 0 Å². The van der Waals surface area contributed by atoms with Crippen LogP contribution >= 0.6 is 15.9 Å². The molecule has 6 nitrogen and oxygen atoms in total. The molecule has 0 radical (unpaired) electrons. The minimum Gasteiger partial charge on any atom is -0.480 e. The number of hydrogen-bond acceptors (Lipinski definition) is 3. The number of aliphatic carboxylic acids is 2. The number of carboxylic acid groups (broad SMARTS) is 2. The number of carbonyl (C=O) groups is 3. The average Bonchev–Trinajstić information content (AvgIpc) is 2.30. The molecule has 0 aliphatic carbocycles. The number of carboxylic acids is 2. The third-order valence-electron chi connectivity index (χ3n) is 2.27. The van der Waals surface area contributed by atoms with Gasteiger partial charge in [0.1, 0.15) is 13.1 Å². The summed E-state index contributed by atoms with van der Waals surface area (Å²) in [6, 6.07) is 6.92. The highest BCUT2D eigenvalue weighted by atomic mass is 79.9. The zero-order chi connectivity index (χ0) is 14.4. The van der Waals surface area contributed by atoms with Crippen LogP contribution in [0, 0.1) is 0 Å². The van der Waals surface area contributed by atoms with Crippen molar-refractivity contribution < 1.29 is 24.6 Å². The SMILES string of the molecule is O=C(O)CN(CC(=O)O)C(=O)Cc1ccc(Br)cc1. The van der Waals surface area contributed by atoms with Crippen molar-refractivity contribution in [1.82, 2.24) is 4.90 Å². The van der Waals surface area contributed by atoms with Crippen LogP contribution in [0.3, 0.4) is 0 Å². The Morgan fingerprint density at radius 2 is 1.47 bits per heavy atom. The van der Waals surface area contributed by atoms with Gasteiger partial charge in [-0.3, -0.25) is 14.4 Å². The van der Waals surface area contributed by atoms with Gasteiger partial charge in [0.2, 0.25) is 5.91 Å². The Kier molecular flexibility index (Phi) is 5.50. The third kappa shape index (κ3) is 5.52. The normalized spacial score (nSPS) is 9.95. The molecule has 0 atom stereocenters. The van der Waals surface area contributed by atoms with Crippen LogP contribution in [0.4, 0.5) is 0 Å². The standard InChI is InChI=1S/C12H12BrNO5/c13-9-3-1-8(2-4-9)5-10(15)14(6-11(16)17)7-12(18)19/h1-4H,5-7H2,(H,16,17)(H,18,19). The van der Waals surface area contributed by atoms with E-state index >= 15 is 0 Å². The van der Waals surface area contributed by atoms with Crippen LogP contribution in [0.1, 0.15) is 5.56 Å². The zero-order valence-corrected chi connectivity index (χ0v) is 11.5. The van der Waals surface area contributed by atoms with Crippen LogP contribution < -0.4 is 0 Å². The van der Waals surface area contributed by atoms with Gasteiger partial charge in [0.05, 0.1) is 6.42 Å². The van der Waals surface area contributed by atoms with Crippen LogP contribution in [0.15, 0.2) is 28.7 Å². The first-order valence-corrected chi connectivity index (χ1v) is 6.13. The van der Waals surface area contributed by atoms with E-state index in [4.69, 9.17) is 10.2 Å². The highest BCUT2D eigenvalue weighted by molar-refractivity contribution is 9.10. The maximum Gasteiger partial charge on any atom is 0.323 e. The fourth-order valence-electron chi connectivity index (χ4n) is 1.45. The van der Waals surface area contributed by atoms with Crippen molar-refractivity contribution in [2.75, 3.05) is 13.1 Å². The largest absolute Gasteiger partial charge is 0.480 e. The first-order valence-electron chi connectivity index (χ1n) is 5.34. The van der Waals surface area contributed by atoms with Crippen LogP contribution in [-0.4, -0.2) is 46.0 Å². The summed E-state index contributed by atoms with van der Waals surface area (Å²) in [5.74, 6) is -3.03. The summed E-state index contributed by atoms with van der Waals surface area (Å²) in [6.07, 6.45) is -0.0339. The van der Waals surface area contributed by atoms with E-state index in [2.05, 4.69) is 15.9 Å². The number of hydrogen-bond donors (Lipinski definition) is 2. The first-order chi connectivity index (χ1) is 8.88. The number of carbonyl (C=O) groups excluding carboxylic acids is 1. The molecule has 0 saturated heterocycles. The van der Waals surface area contributed by atoms with Gasteiger partial charge in [0.15, 0.2) is 0 Å². The Bertz CT molecular complexity index is 469. The Morgan fingerprint density at radius 1 is 1.00 bits per heavy atom. The molecule has 0 fully saturated rings. The molecule has 102 valence electrons. The van der Waals surface area contributed by atoms with Crippen LogP contribution in [0.25, 0.3) is 0 Å². The topological polar surface area (TPSA) is 94.9 Å². The van der Waals surface area contributed by atoms with Crippen LogP contribution in [0.5, 0.6) is 0 Å². The Hall–Kier alpha value is -1.89. The van der Waals surface area contributed by atoms with Crippen molar-refractivity contribution in [3.63, 3.8) is 0 Å². The molecule has 7 heteroatoms. The Morgan fingerprint density at radius 3 is 1.89 bits per heavy atom. The monoisotopic (exact) mass is 329 g/mol. The van der Waals surface area contributed by atoms with Gasteiger partial charge in [-0.2, -0.15) is 0 Å². The maximum atomic E-state index is 11.9. The lowest BCUT2D eigenvalue weighted by molar-refractivity contribution is -0.149. The highest BCUT2D eigenvalue weighted by Crippen LogP contribution is 2.11. The fourth-order valence-corrected chi connectivity index (χ4v) is 1.71. The number of halogens is 1. The second-order valence-corrected chi connectivity index (χ2v) is 4.76. The summed E-state index contributed by atoms with van der Waals surface area (Å²) in [6.45, 7) is -1.25. The molecule has 0 aromatic heterocycles. The van der Waals surface area contributed by atoms with Gasteiger partial charge in [-0.1, -0.05) is 28.1 Å². The molecule has 1 aromatic carbocycles. The summed E-state index contributed by atoms with van der Waals surface area (Å²) >= 11 is 3.26. The number of nitrogens with zero attached hydrogens (tertiary/aromatic N) is 1. The lowest BCUT2D eigenvalue weighted by Gasteiger charge is -2.18. The summed E-state index contributed by atoms with van der Waals surface area (Å²) in [5, 5.41) is 17.3. The van der Waals surface area contributed by atoms with Gasteiger partial charge in [-0.25, -0.2) is 0 Å². The van der Waals surface area contributed by atoms with Crippen molar-refractivity contribution in [3.05, 3.63) is 34.3 Å². The quantitative estimate of drug-likeness (QED) is 0.811. The van der Waals surface area contributed by atoms with E-state index in [0.717, 1.165) is 9.37 Å². The predicted molar refractivity (Wildman–Crippen MR) is 69.7 cm³/mol. The second kappa shape index (κ2) is 6.89. The molecule has 1 rings (SSSR count). The van der Waals surface area contributed by atoms with E-state index in [1.165, 1.54) is 0 Å². The average molecular weight is 330 g/mol. The number of amides is 1. The molecular weight excluding hydrogens is 318 g/mol. The van der Waals surface area contributed by atoms with Gasteiger partial charge in [0.25, 0.3) is 0 Å². The summed E-state index contributed by atoms with van der Waals surface area (Å²) in [4.78, 5) is 33.9. The minimum atomic E-state index is -1.24. The molecule has 0 unspecified atom stereocenters. The van der Waals surface area contributed by atoms with E-state index in [1.54, 1.807) is 24.3 Å². The fraction of sp³-hybridized carbons (Fsp3) is 0.250. The summed E-state index contributed by atoms with van der Waals surface area (Å²) < 4.78 is 0.858. The van der Waals surface area contributed by atoms with Gasteiger partial charge >= 0.3 is 11.9 Å². The third-order valence-corrected chi connectivity index (χ3v) is 2.80. The molecule has 0 aliphatic rings. The smallest absolute Gasteiger partial charge is 0.323 e. The molecule has 1 aromatic rings. The van der Waals surface area contributed by atoms with E-state index in [0.29, 0.717) is 5.56 Å². The number of rotatable bonds is 6. The molecule has 19 heavy (non-hydrogen) atoms. The molecule has 0 saturated carbocycles. The molecule has 0 heterocycles. The van der Waals surface area contributed by atoms with E-state index in [-0.39, 0.29) is 6.42 Å². The molecule has 0 spiro atoms. The van der Waals surface area contributed by atoms with Crippen molar-refractivity contribution in [1.29, 1.82) is 0 Å². The van der Waals surface area contributed by atoms with Crippen molar-refractivity contribution in [3.8, 4) is 0 Å². The maximum absolute atomic E-state index is 11.9. The first kappa shape index (κ1) is 15.2. The molecule has 1 amide bonds. The summed E-state index contributed by atoms with van der Waals surface area (Å²) in [5.41, 5.74) is 0.689. The lowest BCUT2D eigenvalue weighted by atomic mass is 10.1. The summed E-state index contributed by atoms with van der Waals surface area (Å²) in [7, 11) is 0. The van der Waals surface area contributed by atoms with Gasteiger partial charge in [-0.05, 0) is 17.7 Å². The lowest BCUT2D eigenvalue weighted by Crippen LogP contribution is -2.40. The molecular formula is C12H12BrNO5. The second-order valence-electron chi connectivity index (χ2n) is 3.84. The Balaban J connectivity index is 2.73. The number of benzene rings is 1. The molecule has 0 aliphatic heterocycles. The van der Waals surface area contributed by atoms with Gasteiger partial charge < -0.3 is 15.1 Å². The van der Waals surface area contributed by atoms with Crippen molar-refractivity contribution in [2.45, 2.75) is 6.42 Å². The molecule has 0 bridgehead atoms. The zero-order valence-electron chi connectivity index (χ0n) is 9.88. The van der Waals surface area contributed by atoms with Crippen LogP contribution in [-0.2, 0) is 20.8 Å². The van der Waals surface area contributed by atoms with E-state index in [9.17, 15) is 14.4 Å². The highest BCUT2D eigenvalue weighted by Gasteiger charge is 2.19. The Labute approximate surface area is 117 Å². The van der Waals surface area contributed by atoms with Gasteiger partial charge in [-0.15, -0.1) is 0 Å².